The summed E-state index contributed by atoms with van der Waals surface area (Å²) in [5.41, 5.74) is 5.46. The molecule has 3 rings (SSSR count). The molecule has 0 spiro atoms. The normalized spacial score (nSPS) is 44.4. The molecule has 3 aliphatic rings. The van der Waals surface area contributed by atoms with E-state index in [0.717, 1.165) is 6.92 Å². The number of carbonyl (C=O) groups excluding carboxylic acids is 2. The lowest BCUT2D eigenvalue weighted by Crippen LogP contribution is -2.69. The molecule has 3 aliphatic heterocycles. The van der Waals surface area contributed by atoms with E-state index in [1.54, 1.807) is 0 Å². The first kappa shape index (κ1) is 35.8. The number of nitrogens with two attached hydrogens (primary N) is 1. The van der Waals surface area contributed by atoms with Gasteiger partial charge in [-0.3, -0.25) is 9.59 Å². The Hall–Kier alpha value is -1.70. The predicted molar refractivity (Wildman–Crippen MR) is 132 cm³/mol. The van der Waals surface area contributed by atoms with E-state index < -0.39 is 136 Å². The van der Waals surface area contributed by atoms with Crippen LogP contribution in [0.2, 0.25) is 0 Å². The number of aliphatic hydroxyl groups is 10. The number of hydrogen-bond donors (Lipinski definition) is 12. The van der Waals surface area contributed by atoms with Crippen LogP contribution in [0.15, 0.2) is 0 Å². The van der Waals surface area contributed by atoms with Gasteiger partial charge in [0.1, 0.15) is 79.2 Å². The van der Waals surface area contributed by atoms with Crippen LogP contribution in [-0.4, -0.2) is 187 Å². The summed E-state index contributed by atoms with van der Waals surface area (Å²) >= 11 is 0. The summed E-state index contributed by atoms with van der Waals surface area (Å²) in [5, 5.41) is 103. The third kappa shape index (κ3) is 7.94. The molecule has 0 saturated carbocycles. The third-order valence-corrected chi connectivity index (χ3v) is 7.21. The van der Waals surface area contributed by atoms with Gasteiger partial charge in [0.15, 0.2) is 12.6 Å². The topological polar surface area (TPSA) is 330 Å². The molecule has 3 heterocycles. The Kier molecular flexibility index (Phi) is 12.9. The van der Waals surface area contributed by atoms with Gasteiger partial charge in [-0.25, -0.2) is 0 Å². The first-order valence-electron chi connectivity index (χ1n) is 13.3. The zero-order valence-electron chi connectivity index (χ0n) is 22.9. The molecule has 0 bridgehead atoms. The van der Waals surface area contributed by atoms with Gasteiger partial charge in [-0.15, -0.1) is 0 Å². The second kappa shape index (κ2) is 15.5. The molecule has 20 nitrogen and oxygen atoms in total. The maximum Gasteiger partial charge on any atom is 0.327 e. The van der Waals surface area contributed by atoms with Crippen LogP contribution in [0.1, 0.15) is 6.92 Å². The van der Waals surface area contributed by atoms with Crippen LogP contribution < -0.4 is 11.1 Å². The van der Waals surface area contributed by atoms with Crippen LogP contribution in [0.3, 0.4) is 0 Å². The van der Waals surface area contributed by atoms with Crippen molar-refractivity contribution < 1.29 is 89.1 Å². The van der Waals surface area contributed by atoms with Gasteiger partial charge in [0, 0.05) is 6.92 Å². The van der Waals surface area contributed by atoms with E-state index in [1.807, 2.05) is 0 Å². The number of ether oxygens (including phenoxy) is 6. The van der Waals surface area contributed by atoms with Crippen LogP contribution >= 0.6 is 0 Å². The molecule has 0 aromatic carbocycles. The Morgan fingerprint density at radius 3 is 1.72 bits per heavy atom. The van der Waals surface area contributed by atoms with Gasteiger partial charge in [0.2, 0.25) is 12.2 Å². The van der Waals surface area contributed by atoms with Gasteiger partial charge in [-0.05, 0) is 0 Å². The predicted octanol–water partition coefficient (Wildman–Crippen LogP) is -8.56. The first-order valence-corrected chi connectivity index (χ1v) is 13.3. The quantitative estimate of drug-likeness (QED) is 0.0940. The van der Waals surface area contributed by atoms with Crippen LogP contribution in [0.5, 0.6) is 0 Å². The van der Waals surface area contributed by atoms with Crippen molar-refractivity contribution in [3.63, 3.8) is 0 Å². The Labute approximate surface area is 244 Å². The second-order valence-electron chi connectivity index (χ2n) is 10.3. The van der Waals surface area contributed by atoms with Crippen molar-refractivity contribution in [2.45, 2.75) is 105 Å². The summed E-state index contributed by atoms with van der Waals surface area (Å²) in [6, 6.07) is -3.04. The van der Waals surface area contributed by atoms with Gasteiger partial charge >= 0.3 is 5.97 Å². The Morgan fingerprint density at radius 1 is 0.698 bits per heavy atom. The maximum absolute atomic E-state index is 12.2. The molecule has 3 fully saturated rings. The van der Waals surface area contributed by atoms with E-state index in [1.165, 1.54) is 0 Å². The van der Waals surface area contributed by atoms with Gasteiger partial charge in [-0.2, -0.15) is 0 Å². The van der Waals surface area contributed by atoms with E-state index in [0.29, 0.717) is 0 Å². The summed E-state index contributed by atoms with van der Waals surface area (Å²) in [6.45, 7) is -2.26. The molecule has 0 radical (unpaired) electrons. The molecule has 43 heavy (non-hydrogen) atoms. The fourth-order valence-corrected chi connectivity index (χ4v) is 4.82. The average Bonchev–Trinajstić information content (AvgIpc) is 2.98. The highest BCUT2D eigenvalue weighted by Crippen LogP contribution is 2.32. The van der Waals surface area contributed by atoms with Crippen molar-refractivity contribution in [2.24, 2.45) is 5.73 Å². The van der Waals surface area contributed by atoms with Crippen molar-refractivity contribution in [1.82, 2.24) is 5.32 Å². The molecule has 20 heteroatoms. The van der Waals surface area contributed by atoms with E-state index in [-0.39, 0.29) is 0 Å². The van der Waals surface area contributed by atoms with Crippen molar-refractivity contribution in [1.29, 1.82) is 0 Å². The summed E-state index contributed by atoms with van der Waals surface area (Å²) in [7, 11) is 0. The second-order valence-corrected chi connectivity index (χ2v) is 10.3. The van der Waals surface area contributed by atoms with Crippen molar-refractivity contribution in [2.75, 3.05) is 26.4 Å². The highest BCUT2D eigenvalue weighted by atomic mass is 16.8. The fraction of sp³-hybridized carbons (Fsp3) is 0.913. The summed E-state index contributed by atoms with van der Waals surface area (Å²) < 4.78 is 32.5. The molecule has 13 N–H and O–H groups in total. The molecule has 0 aromatic rings. The zero-order valence-corrected chi connectivity index (χ0v) is 22.9. The highest BCUT2D eigenvalue weighted by molar-refractivity contribution is 5.76. The lowest BCUT2D eigenvalue weighted by Gasteiger charge is -2.48. The Morgan fingerprint density at radius 2 is 1.19 bits per heavy atom. The smallest absolute Gasteiger partial charge is 0.327 e. The van der Waals surface area contributed by atoms with E-state index >= 15 is 0 Å². The number of amides is 1. The largest absolute Gasteiger partial charge is 0.432 e. The molecule has 0 aliphatic carbocycles. The zero-order chi connectivity index (χ0) is 32.2. The Bertz CT molecular complexity index is 913. The van der Waals surface area contributed by atoms with Crippen molar-refractivity contribution in [3.05, 3.63) is 0 Å². The molecule has 16 atom stereocenters. The number of rotatable bonds is 11. The highest BCUT2D eigenvalue weighted by Gasteiger charge is 2.54. The molecule has 3 saturated heterocycles. The minimum absolute atomic E-state index is 0.726. The van der Waals surface area contributed by atoms with Gasteiger partial charge < -0.3 is 90.5 Å². The number of carbonyl (C=O) groups is 2. The van der Waals surface area contributed by atoms with Crippen LogP contribution in [-0.2, 0) is 38.0 Å². The van der Waals surface area contributed by atoms with Crippen LogP contribution in [0, 0.1) is 0 Å². The number of nitrogens with one attached hydrogen (secondary N) is 1. The summed E-state index contributed by atoms with van der Waals surface area (Å²) in [6.07, 6.45) is -24.3. The van der Waals surface area contributed by atoms with E-state index in [9.17, 15) is 55.5 Å². The van der Waals surface area contributed by atoms with Crippen molar-refractivity contribution in [3.8, 4) is 0 Å². The number of aliphatic hydroxyl groups excluding tert-OH is 10. The number of hydrogen-bond acceptors (Lipinski definition) is 19. The minimum atomic E-state index is -2.03. The average molecular weight is 633 g/mol. The van der Waals surface area contributed by atoms with Crippen LogP contribution in [0.25, 0.3) is 0 Å². The SMILES string of the molecule is CC(=O)N[C@H]1[C@@H](OC(=O)C(N)CO)O[C@H](CO)[C@H](O)[C@@H]1O[C@@H]1O[C@H](CO)[C@H](O[C@H]2O[C@H](CO)[C@H](O)[C@H](O)[C@H]2O)[C@H](O)[C@H]1O. The standard InChI is InChI=1S/C23H40N2O18/c1-6(30)25-11-19(13(32)9(4-28)38-21(11)43-20(37)7(24)2-26)42-23-17(36)15(34)18(10(5-29)40-23)41-22-16(35)14(33)12(31)8(3-27)39-22/h7-19,21-23,26-29,31-36H,2-5,24H2,1H3,(H,25,30)/t7?,8-,9-,10-,11-,12+,13+,14+,15-,16-,17-,18+,19-,21-,22-,23+/m1/s1. The van der Waals surface area contributed by atoms with Gasteiger partial charge in [0.25, 0.3) is 0 Å². The Balaban J connectivity index is 1.82. The maximum atomic E-state index is 12.2. The molecule has 250 valence electrons. The first-order chi connectivity index (χ1) is 20.3. The lowest BCUT2D eigenvalue weighted by atomic mass is 9.95. The fourth-order valence-electron chi connectivity index (χ4n) is 4.82. The lowest BCUT2D eigenvalue weighted by molar-refractivity contribution is -0.372. The van der Waals surface area contributed by atoms with Gasteiger partial charge in [0.05, 0.1) is 26.4 Å². The van der Waals surface area contributed by atoms with E-state index in [4.69, 9.17) is 39.3 Å². The summed E-state index contributed by atoms with van der Waals surface area (Å²) in [5.74, 6) is -1.90. The van der Waals surface area contributed by atoms with Crippen LogP contribution in [0.4, 0.5) is 0 Å². The monoisotopic (exact) mass is 632 g/mol. The minimum Gasteiger partial charge on any atom is -0.432 e. The molecule has 1 unspecified atom stereocenters. The third-order valence-electron chi connectivity index (χ3n) is 7.21. The van der Waals surface area contributed by atoms with Crippen molar-refractivity contribution >= 4 is 11.9 Å². The number of esters is 1. The molecule has 0 aromatic heterocycles. The molecule has 1 amide bonds. The molecular formula is C23H40N2O18. The summed E-state index contributed by atoms with van der Waals surface area (Å²) in [4.78, 5) is 24.2. The van der Waals surface area contributed by atoms with E-state index in [2.05, 4.69) is 5.32 Å². The molecular weight excluding hydrogens is 592 g/mol. The van der Waals surface area contributed by atoms with Gasteiger partial charge in [-0.1, -0.05) is 0 Å².